The predicted octanol–water partition coefficient (Wildman–Crippen LogP) is 4.61. The molecule has 3 N–H and O–H groups in total. The number of halogens is 3. The Kier molecular flexibility index (Phi) is 12.5. The lowest BCUT2D eigenvalue weighted by Crippen LogP contribution is -2.30. The Morgan fingerprint density at radius 2 is 1.89 bits per heavy atom. The van der Waals surface area contributed by atoms with Crippen LogP contribution in [-0.4, -0.2) is 57.3 Å². The van der Waals surface area contributed by atoms with Crippen molar-refractivity contribution in [2.45, 2.75) is 19.1 Å². The second kappa shape index (κ2) is 15.5. The number of terminal acetylenes is 1. The number of imidazole rings is 1. The quantitative estimate of drug-likeness (QED) is 0.248. The molecule has 2 aromatic carbocycles. The van der Waals surface area contributed by atoms with Crippen LogP contribution in [0.2, 0.25) is 10.0 Å². The average molecular weight is 560 g/mol. The molecule has 1 atom stereocenters. The second-order valence-corrected chi connectivity index (χ2v) is 8.67. The lowest BCUT2D eigenvalue weighted by Gasteiger charge is -2.17. The number of hydrogen-bond donors (Lipinski definition) is 3. The number of likely N-dealkylation sites (N-methyl/N-ethyl adjacent to an activating group) is 1. The number of aliphatic hydroxyl groups is 1. The van der Waals surface area contributed by atoms with Gasteiger partial charge in [0.25, 0.3) is 0 Å². The summed E-state index contributed by atoms with van der Waals surface area (Å²) in [6.07, 6.45) is 11.3. The summed E-state index contributed by atoms with van der Waals surface area (Å²) < 4.78 is 13.6. The fourth-order valence-electron chi connectivity index (χ4n) is 3.48. The maximum absolute atomic E-state index is 11.9. The van der Waals surface area contributed by atoms with E-state index in [-0.39, 0.29) is 28.8 Å². The molecule has 1 saturated heterocycles. The Balaban J connectivity index is 0.000000216. The Morgan fingerprint density at radius 3 is 2.45 bits per heavy atom. The number of aromatic hydroxyl groups is 1. The summed E-state index contributed by atoms with van der Waals surface area (Å²) in [5.74, 6) is 0.529. The number of aliphatic hydroxyl groups excluding tert-OH is 1. The molecule has 2 aromatic heterocycles. The minimum Gasteiger partial charge on any atom is -0.506 e. The van der Waals surface area contributed by atoms with Crippen molar-refractivity contribution in [3.05, 3.63) is 87.9 Å². The number of carbonyl (C=O) groups excluding carboxylic acids is 1. The Morgan fingerprint density at radius 1 is 1.18 bits per heavy atom. The molecule has 8 nitrogen and oxygen atoms in total. The standard InChI is InChI=1S/C12H17N5O.C7H4Cl2O2.C6H5F.C2H2/c1-13-9-4-5-16(7-9)12-3-2-11-14-6-10(8-18)17(11)15-12;8-5-1-4(3-10)7(11)6(9)2-5;7-6-4-2-1-3-5-6;1-2/h2-3,6,9,13,18H,4-5,7-8H2,1H3;1-3,11H;1-5H;1-2H/t9-;;;/m0.../s1. The van der Waals surface area contributed by atoms with E-state index < -0.39 is 0 Å². The number of fused-ring (bicyclic) bond motifs is 1. The molecule has 0 bridgehead atoms. The molecule has 0 unspecified atom stereocenters. The summed E-state index contributed by atoms with van der Waals surface area (Å²) in [7, 11) is 1.99. The first kappa shape index (κ1) is 30.5. The van der Waals surface area contributed by atoms with E-state index in [4.69, 9.17) is 28.3 Å². The van der Waals surface area contributed by atoms with Crippen molar-refractivity contribution >= 4 is 41.0 Å². The van der Waals surface area contributed by atoms with E-state index in [1.54, 1.807) is 28.9 Å². The van der Waals surface area contributed by atoms with Crippen LogP contribution in [0.15, 0.2) is 60.8 Å². The van der Waals surface area contributed by atoms with Crippen LogP contribution in [0.5, 0.6) is 5.75 Å². The van der Waals surface area contributed by atoms with Crippen LogP contribution in [0.3, 0.4) is 0 Å². The minimum atomic E-state index is -0.230. The van der Waals surface area contributed by atoms with Crippen molar-refractivity contribution < 1.29 is 19.4 Å². The number of anilines is 1. The largest absolute Gasteiger partial charge is 0.506 e. The van der Waals surface area contributed by atoms with Gasteiger partial charge in [-0.3, -0.25) is 4.79 Å². The van der Waals surface area contributed by atoms with Gasteiger partial charge in [-0.1, -0.05) is 41.4 Å². The Bertz CT molecular complexity index is 1330. The van der Waals surface area contributed by atoms with E-state index >= 15 is 0 Å². The monoisotopic (exact) mass is 559 g/mol. The van der Waals surface area contributed by atoms with Crippen molar-refractivity contribution in [3.63, 3.8) is 0 Å². The number of nitrogens with one attached hydrogen (secondary N) is 1. The van der Waals surface area contributed by atoms with Gasteiger partial charge in [0.05, 0.1) is 29.1 Å². The van der Waals surface area contributed by atoms with Crippen LogP contribution in [0.25, 0.3) is 5.65 Å². The van der Waals surface area contributed by atoms with Gasteiger partial charge in [0.15, 0.2) is 11.9 Å². The molecule has 4 aromatic rings. The molecule has 11 heteroatoms. The van der Waals surface area contributed by atoms with Crippen LogP contribution in [0.4, 0.5) is 10.2 Å². The van der Waals surface area contributed by atoms with Crippen LogP contribution >= 0.6 is 23.2 Å². The van der Waals surface area contributed by atoms with Gasteiger partial charge in [-0.2, -0.15) is 0 Å². The van der Waals surface area contributed by atoms with Gasteiger partial charge in [0, 0.05) is 24.2 Å². The van der Waals surface area contributed by atoms with Gasteiger partial charge in [0.2, 0.25) is 0 Å². The molecule has 1 aliphatic rings. The summed E-state index contributed by atoms with van der Waals surface area (Å²) in [5.41, 5.74) is 1.59. The molecular formula is C27H28Cl2FN5O3. The zero-order valence-corrected chi connectivity index (χ0v) is 22.1. The normalized spacial score (nSPS) is 13.9. The number of nitrogens with zero attached hydrogens (tertiary/aromatic N) is 4. The summed E-state index contributed by atoms with van der Waals surface area (Å²) in [6, 6.07) is 15.1. The highest BCUT2D eigenvalue weighted by Crippen LogP contribution is 2.29. The zero-order valence-electron chi connectivity index (χ0n) is 20.6. The number of hydrogen-bond acceptors (Lipinski definition) is 7. The second-order valence-electron chi connectivity index (χ2n) is 7.83. The van der Waals surface area contributed by atoms with Crippen LogP contribution in [-0.2, 0) is 6.61 Å². The van der Waals surface area contributed by atoms with Crippen molar-refractivity contribution in [3.8, 4) is 18.6 Å². The molecule has 0 aliphatic carbocycles. The molecule has 0 spiro atoms. The topological polar surface area (TPSA) is 103 Å². The summed E-state index contributed by atoms with van der Waals surface area (Å²) in [5, 5.41) is 26.6. The highest BCUT2D eigenvalue weighted by atomic mass is 35.5. The minimum absolute atomic E-state index is 0.0449. The third-order valence-corrected chi connectivity index (χ3v) is 5.93. The summed E-state index contributed by atoms with van der Waals surface area (Å²) >= 11 is 11.1. The van der Waals surface area contributed by atoms with E-state index in [9.17, 15) is 14.3 Å². The first-order valence-electron chi connectivity index (χ1n) is 11.4. The SMILES string of the molecule is C#C.CN[C@H]1CCN(c2ccc3ncc(CO)n3n2)C1.Fc1ccccc1.O=Cc1cc(Cl)cc(Cl)c1O. The Hall–Kier alpha value is -3.68. The van der Waals surface area contributed by atoms with Crippen LogP contribution < -0.4 is 10.2 Å². The molecule has 0 radical (unpaired) electrons. The number of aldehydes is 1. The lowest BCUT2D eigenvalue weighted by molar-refractivity contribution is 0.112. The summed E-state index contributed by atoms with van der Waals surface area (Å²) in [6.45, 7) is 1.93. The number of rotatable bonds is 4. The number of benzene rings is 2. The van der Waals surface area contributed by atoms with E-state index in [0.717, 1.165) is 36.7 Å². The van der Waals surface area contributed by atoms with Gasteiger partial charge in [-0.15, -0.1) is 17.9 Å². The highest BCUT2D eigenvalue weighted by Gasteiger charge is 2.22. The fraction of sp³-hybridized carbons (Fsp3) is 0.222. The van der Waals surface area contributed by atoms with Crippen molar-refractivity contribution in [2.24, 2.45) is 0 Å². The first-order valence-corrected chi connectivity index (χ1v) is 12.2. The molecule has 200 valence electrons. The van der Waals surface area contributed by atoms with Crippen LogP contribution in [0, 0.1) is 18.7 Å². The third kappa shape index (κ3) is 8.43. The molecule has 1 aliphatic heterocycles. The highest BCUT2D eigenvalue weighted by molar-refractivity contribution is 6.36. The first-order chi connectivity index (χ1) is 18.4. The molecule has 5 rings (SSSR count). The van der Waals surface area contributed by atoms with Crippen molar-refractivity contribution in [2.75, 3.05) is 25.0 Å². The van der Waals surface area contributed by atoms with Crippen molar-refractivity contribution in [1.29, 1.82) is 0 Å². The van der Waals surface area contributed by atoms with Gasteiger partial charge in [0.1, 0.15) is 17.4 Å². The number of aromatic nitrogens is 3. The molecule has 0 amide bonds. The molecular weight excluding hydrogens is 532 g/mol. The lowest BCUT2D eigenvalue weighted by atomic mass is 10.2. The smallest absolute Gasteiger partial charge is 0.154 e. The van der Waals surface area contributed by atoms with Crippen molar-refractivity contribution in [1.82, 2.24) is 19.9 Å². The van der Waals surface area contributed by atoms with Gasteiger partial charge >= 0.3 is 0 Å². The maximum Gasteiger partial charge on any atom is 0.154 e. The predicted molar refractivity (Wildman–Crippen MR) is 148 cm³/mol. The number of phenols is 1. The average Bonchev–Trinajstić information content (AvgIpc) is 3.59. The molecule has 38 heavy (non-hydrogen) atoms. The van der Waals surface area contributed by atoms with Gasteiger partial charge in [-0.05, 0) is 49.9 Å². The fourth-order valence-corrected chi connectivity index (χ4v) is 3.99. The van der Waals surface area contributed by atoms with Crippen LogP contribution in [0.1, 0.15) is 22.5 Å². The third-order valence-electron chi connectivity index (χ3n) is 5.42. The number of carbonyl (C=O) groups is 1. The summed E-state index contributed by atoms with van der Waals surface area (Å²) in [4.78, 5) is 16.7. The Labute approximate surface area is 230 Å². The molecule has 0 saturated carbocycles. The molecule has 1 fully saturated rings. The van der Waals surface area contributed by atoms with E-state index in [1.165, 1.54) is 24.3 Å². The van der Waals surface area contributed by atoms with Gasteiger partial charge < -0.3 is 20.4 Å². The maximum atomic E-state index is 11.9. The zero-order chi connectivity index (χ0) is 28.1. The van der Waals surface area contributed by atoms with E-state index in [2.05, 4.69) is 33.1 Å². The van der Waals surface area contributed by atoms with Gasteiger partial charge in [-0.25, -0.2) is 13.9 Å². The van der Waals surface area contributed by atoms with E-state index in [1.807, 2.05) is 19.2 Å². The number of phenolic OH excluding ortho intramolecular Hbond substituents is 1. The van der Waals surface area contributed by atoms with E-state index in [0.29, 0.717) is 17.4 Å². The molecule has 3 heterocycles.